The van der Waals surface area contributed by atoms with Crippen molar-refractivity contribution in [2.45, 2.75) is 24.4 Å². The van der Waals surface area contributed by atoms with Crippen molar-refractivity contribution in [3.8, 4) is 11.1 Å². The number of rotatable bonds is 5. The minimum atomic E-state index is 0.0324. The normalized spacial score (nSPS) is 11.0. The van der Waals surface area contributed by atoms with Crippen molar-refractivity contribution in [2.75, 3.05) is 0 Å². The van der Waals surface area contributed by atoms with Crippen molar-refractivity contribution in [1.29, 1.82) is 0 Å². The molecule has 0 aliphatic carbocycles. The summed E-state index contributed by atoms with van der Waals surface area (Å²) in [7, 11) is 0. The van der Waals surface area contributed by atoms with Crippen molar-refractivity contribution < 1.29 is 0 Å². The van der Waals surface area contributed by atoms with Gasteiger partial charge in [-0.25, -0.2) is 4.98 Å². The molecule has 0 bridgehead atoms. The van der Waals surface area contributed by atoms with E-state index in [9.17, 15) is 4.79 Å². The van der Waals surface area contributed by atoms with Gasteiger partial charge < -0.3 is 0 Å². The van der Waals surface area contributed by atoms with Gasteiger partial charge in [0.15, 0.2) is 5.16 Å². The molecule has 0 saturated heterocycles. The molecule has 0 fully saturated rings. The summed E-state index contributed by atoms with van der Waals surface area (Å²) in [4.78, 5) is 17.4. The van der Waals surface area contributed by atoms with E-state index in [0.717, 1.165) is 16.4 Å². The zero-order valence-corrected chi connectivity index (χ0v) is 15.9. The van der Waals surface area contributed by atoms with Gasteiger partial charge in [0.05, 0.1) is 10.9 Å². The highest BCUT2D eigenvalue weighted by atomic mass is 32.2. The Morgan fingerprint density at radius 2 is 1.52 bits per heavy atom. The van der Waals surface area contributed by atoms with Gasteiger partial charge in [-0.15, -0.1) is 0 Å². The highest BCUT2D eigenvalue weighted by Crippen LogP contribution is 2.24. The highest BCUT2D eigenvalue weighted by molar-refractivity contribution is 7.98. The molecule has 27 heavy (non-hydrogen) atoms. The monoisotopic (exact) mass is 372 g/mol. The Kier molecular flexibility index (Phi) is 5.07. The third-order valence-corrected chi connectivity index (χ3v) is 5.62. The van der Waals surface area contributed by atoms with Gasteiger partial charge in [-0.05, 0) is 35.7 Å². The number of para-hydroxylation sites is 1. The lowest BCUT2D eigenvalue weighted by Crippen LogP contribution is -2.22. The SMILES string of the molecule is CCn1c(SCc2ccc(-c3ccccc3)cc2)nc2ccccc2c1=O. The Morgan fingerprint density at radius 1 is 0.852 bits per heavy atom. The fraction of sp³-hybridized carbons (Fsp3) is 0.130. The lowest BCUT2D eigenvalue weighted by molar-refractivity contribution is 0.634. The van der Waals surface area contributed by atoms with Crippen LogP contribution in [-0.4, -0.2) is 9.55 Å². The summed E-state index contributed by atoms with van der Waals surface area (Å²) < 4.78 is 1.76. The van der Waals surface area contributed by atoms with E-state index in [0.29, 0.717) is 11.9 Å². The molecule has 0 atom stereocenters. The van der Waals surface area contributed by atoms with Gasteiger partial charge in [-0.2, -0.15) is 0 Å². The Balaban J connectivity index is 1.57. The molecule has 1 heterocycles. The molecule has 0 N–H and O–H groups in total. The Labute approximate surface area is 162 Å². The molecule has 0 aliphatic rings. The number of nitrogens with zero attached hydrogens (tertiary/aromatic N) is 2. The van der Waals surface area contributed by atoms with E-state index in [4.69, 9.17) is 4.98 Å². The maximum Gasteiger partial charge on any atom is 0.262 e. The predicted octanol–water partition coefficient (Wildman–Crippen LogP) is 5.38. The summed E-state index contributed by atoms with van der Waals surface area (Å²) in [5.74, 6) is 0.778. The molecular formula is C23H20N2OS. The van der Waals surface area contributed by atoms with E-state index in [-0.39, 0.29) is 5.56 Å². The van der Waals surface area contributed by atoms with E-state index in [1.54, 1.807) is 16.3 Å². The third-order valence-electron chi connectivity index (χ3n) is 4.57. The molecular weight excluding hydrogens is 352 g/mol. The van der Waals surface area contributed by atoms with E-state index < -0.39 is 0 Å². The van der Waals surface area contributed by atoms with Gasteiger partial charge in [0.2, 0.25) is 0 Å². The fourth-order valence-electron chi connectivity index (χ4n) is 3.11. The van der Waals surface area contributed by atoms with Gasteiger partial charge in [-0.3, -0.25) is 9.36 Å². The molecule has 0 radical (unpaired) electrons. The van der Waals surface area contributed by atoms with Crippen LogP contribution in [0.15, 0.2) is 88.8 Å². The number of hydrogen-bond donors (Lipinski definition) is 0. The quantitative estimate of drug-likeness (QED) is 0.349. The maximum absolute atomic E-state index is 12.7. The van der Waals surface area contributed by atoms with Crippen molar-refractivity contribution in [3.05, 3.63) is 94.8 Å². The predicted molar refractivity (Wildman–Crippen MR) is 113 cm³/mol. The molecule has 3 nitrogen and oxygen atoms in total. The van der Waals surface area contributed by atoms with Crippen LogP contribution < -0.4 is 5.56 Å². The average molecular weight is 372 g/mol. The Hall–Kier alpha value is -2.85. The summed E-state index contributed by atoms with van der Waals surface area (Å²) >= 11 is 1.61. The van der Waals surface area contributed by atoms with Gasteiger partial charge in [0.1, 0.15) is 0 Å². The first-order chi connectivity index (χ1) is 13.3. The second-order valence-electron chi connectivity index (χ2n) is 6.31. The zero-order valence-electron chi connectivity index (χ0n) is 15.1. The van der Waals surface area contributed by atoms with E-state index in [1.165, 1.54) is 16.7 Å². The molecule has 134 valence electrons. The summed E-state index contributed by atoms with van der Waals surface area (Å²) in [5.41, 5.74) is 4.43. The first-order valence-electron chi connectivity index (χ1n) is 9.03. The van der Waals surface area contributed by atoms with Crippen LogP contribution in [0.5, 0.6) is 0 Å². The number of fused-ring (bicyclic) bond motifs is 1. The zero-order chi connectivity index (χ0) is 18.6. The van der Waals surface area contributed by atoms with Crippen LogP contribution in [0.25, 0.3) is 22.0 Å². The van der Waals surface area contributed by atoms with Gasteiger partial charge in [0.25, 0.3) is 5.56 Å². The van der Waals surface area contributed by atoms with Gasteiger partial charge >= 0.3 is 0 Å². The van der Waals surface area contributed by atoms with Gasteiger partial charge in [0, 0.05) is 12.3 Å². The Bertz CT molecular complexity index is 1120. The summed E-state index contributed by atoms with van der Waals surface area (Å²) in [6.45, 7) is 2.60. The second kappa shape index (κ2) is 7.80. The first-order valence-corrected chi connectivity index (χ1v) is 10.0. The van der Waals surface area contributed by atoms with Crippen LogP contribution in [0.4, 0.5) is 0 Å². The van der Waals surface area contributed by atoms with Crippen LogP contribution >= 0.6 is 11.8 Å². The molecule has 4 rings (SSSR count). The number of hydrogen-bond acceptors (Lipinski definition) is 3. The van der Waals surface area contributed by atoms with E-state index in [2.05, 4.69) is 48.5 Å². The van der Waals surface area contributed by atoms with Crippen LogP contribution in [0, 0.1) is 0 Å². The van der Waals surface area contributed by atoms with Crippen LogP contribution in [0.3, 0.4) is 0 Å². The highest BCUT2D eigenvalue weighted by Gasteiger charge is 2.10. The van der Waals surface area contributed by atoms with Crippen molar-refractivity contribution in [1.82, 2.24) is 9.55 Å². The maximum atomic E-state index is 12.7. The van der Waals surface area contributed by atoms with Crippen LogP contribution in [0.2, 0.25) is 0 Å². The molecule has 0 aliphatic heterocycles. The van der Waals surface area contributed by atoms with E-state index in [1.807, 2.05) is 37.3 Å². The van der Waals surface area contributed by atoms with Crippen LogP contribution in [0.1, 0.15) is 12.5 Å². The van der Waals surface area contributed by atoms with Crippen molar-refractivity contribution in [3.63, 3.8) is 0 Å². The molecule has 0 spiro atoms. The van der Waals surface area contributed by atoms with Gasteiger partial charge in [-0.1, -0.05) is 78.5 Å². The number of benzene rings is 3. The minimum Gasteiger partial charge on any atom is -0.287 e. The number of thioether (sulfide) groups is 1. The summed E-state index contributed by atoms with van der Waals surface area (Å²) in [5, 5.41) is 1.45. The van der Waals surface area contributed by atoms with Crippen molar-refractivity contribution >= 4 is 22.7 Å². The molecule has 4 aromatic rings. The average Bonchev–Trinajstić information content (AvgIpc) is 2.73. The van der Waals surface area contributed by atoms with Crippen molar-refractivity contribution in [2.24, 2.45) is 0 Å². The fourth-order valence-corrected chi connectivity index (χ4v) is 4.13. The summed E-state index contributed by atoms with van der Waals surface area (Å²) in [6, 6.07) is 26.5. The van der Waals surface area contributed by atoms with E-state index >= 15 is 0 Å². The molecule has 0 unspecified atom stereocenters. The smallest absolute Gasteiger partial charge is 0.262 e. The molecule has 0 amide bonds. The Morgan fingerprint density at radius 3 is 2.26 bits per heavy atom. The molecule has 1 aromatic heterocycles. The third kappa shape index (κ3) is 3.67. The second-order valence-corrected chi connectivity index (χ2v) is 7.26. The topological polar surface area (TPSA) is 34.9 Å². The standard InChI is InChI=1S/C23H20N2OS/c1-2-25-22(26)20-10-6-7-11-21(20)24-23(25)27-16-17-12-14-19(15-13-17)18-8-4-3-5-9-18/h3-15H,2,16H2,1H3. The summed E-state index contributed by atoms with van der Waals surface area (Å²) in [6.07, 6.45) is 0. The van der Waals surface area contributed by atoms with Crippen LogP contribution in [-0.2, 0) is 12.3 Å². The molecule has 0 saturated carbocycles. The lowest BCUT2D eigenvalue weighted by Gasteiger charge is -2.11. The minimum absolute atomic E-state index is 0.0324. The molecule has 4 heteroatoms. The first kappa shape index (κ1) is 17.6. The largest absolute Gasteiger partial charge is 0.287 e. The lowest BCUT2D eigenvalue weighted by atomic mass is 10.0. The molecule has 3 aromatic carbocycles. The number of aromatic nitrogens is 2.